The van der Waals surface area contributed by atoms with Gasteiger partial charge in [-0.05, 0) is 61.2 Å². The van der Waals surface area contributed by atoms with Crippen LogP contribution in [0.2, 0.25) is 0 Å². The number of allylic oxidation sites excluding steroid dienone is 1. The molecule has 0 saturated heterocycles. The minimum atomic E-state index is -0.447. The first-order chi connectivity index (χ1) is 21.1. The van der Waals surface area contributed by atoms with Gasteiger partial charge in [0.2, 0.25) is 0 Å². The van der Waals surface area contributed by atoms with E-state index < -0.39 is 5.54 Å². The molecular weight excluding hydrogens is 538 g/mol. The number of nitrogens with zero attached hydrogens (tertiary/aromatic N) is 1. The van der Waals surface area contributed by atoms with Crippen molar-refractivity contribution in [3.8, 4) is 5.75 Å². The van der Waals surface area contributed by atoms with Crippen molar-refractivity contribution in [3.63, 3.8) is 0 Å². The average Bonchev–Trinajstić information content (AvgIpc) is 3.34. The summed E-state index contributed by atoms with van der Waals surface area (Å²) in [5.41, 5.74) is 10.7. The van der Waals surface area contributed by atoms with Crippen LogP contribution in [-0.2, 0) is 15.0 Å². The molecule has 7 heteroatoms. The molecule has 4 aromatic rings. The standard InChI is InChI=1S/C36H45N3O4/c1-3-4-5-6-10-21-43-39-34-26-28(36(19-17-29(37)18-20-36)38-30-11-8-7-9-12-30)13-15-32(34)33-16-14-31(27-35(33)39)42-25-24-41-23-22-40-2/h7-9,11-19,26-27,38H,3-6,10,20-25,37H2,1-2H3. The molecule has 0 amide bonds. The lowest BCUT2D eigenvalue weighted by Gasteiger charge is -2.35. The van der Waals surface area contributed by atoms with Gasteiger partial charge in [-0.25, -0.2) is 0 Å². The predicted octanol–water partition coefficient (Wildman–Crippen LogP) is 7.35. The Morgan fingerprint density at radius 2 is 1.60 bits per heavy atom. The molecule has 7 nitrogen and oxygen atoms in total. The molecule has 1 aliphatic rings. The molecule has 228 valence electrons. The number of methoxy groups -OCH3 is 1. The van der Waals surface area contributed by atoms with E-state index in [2.05, 4.69) is 66.9 Å². The Balaban J connectivity index is 1.48. The molecule has 0 radical (unpaired) electrons. The Labute approximate surface area is 255 Å². The minimum absolute atomic E-state index is 0.447. The summed E-state index contributed by atoms with van der Waals surface area (Å²) >= 11 is 0. The quantitative estimate of drug-likeness (QED) is 0.127. The largest absolute Gasteiger partial charge is 0.491 e. The zero-order chi connectivity index (χ0) is 29.9. The van der Waals surface area contributed by atoms with E-state index in [9.17, 15) is 0 Å². The molecule has 1 heterocycles. The normalized spacial score (nSPS) is 16.5. The molecule has 3 aromatic carbocycles. The lowest BCUT2D eigenvalue weighted by molar-refractivity contribution is 0.0544. The summed E-state index contributed by atoms with van der Waals surface area (Å²) in [6, 6.07) is 23.2. The topological polar surface area (TPSA) is 79.9 Å². The number of hydrogen-bond acceptors (Lipinski definition) is 6. The summed E-state index contributed by atoms with van der Waals surface area (Å²) < 4.78 is 18.7. The van der Waals surface area contributed by atoms with Crippen molar-refractivity contribution in [2.45, 2.75) is 51.0 Å². The van der Waals surface area contributed by atoms with E-state index in [1.165, 1.54) is 19.3 Å². The summed E-state index contributed by atoms with van der Waals surface area (Å²) in [7, 11) is 1.67. The lowest BCUT2D eigenvalue weighted by Crippen LogP contribution is -2.34. The fourth-order valence-electron chi connectivity index (χ4n) is 5.61. The molecule has 43 heavy (non-hydrogen) atoms. The highest BCUT2D eigenvalue weighted by atomic mass is 16.7. The van der Waals surface area contributed by atoms with E-state index in [1.807, 2.05) is 35.1 Å². The fraction of sp³-hybridized carbons (Fsp3) is 0.389. The molecule has 1 atom stereocenters. The number of anilines is 1. The Hall–Kier alpha value is -3.94. The van der Waals surface area contributed by atoms with Crippen LogP contribution < -0.4 is 20.6 Å². The van der Waals surface area contributed by atoms with Gasteiger partial charge in [-0.15, -0.1) is 0 Å². The SMILES string of the molecule is CCCCCCCOn1c2cc(OCCOCCOC)ccc2c2ccc(C3(Nc4ccccc4)C=CC(N)=CC3)cc21. The van der Waals surface area contributed by atoms with E-state index in [-0.39, 0.29) is 0 Å². The van der Waals surface area contributed by atoms with Crippen LogP contribution in [0.15, 0.2) is 90.7 Å². The smallest absolute Gasteiger partial charge is 0.121 e. The van der Waals surface area contributed by atoms with Crippen LogP contribution >= 0.6 is 0 Å². The summed E-state index contributed by atoms with van der Waals surface area (Å²) in [5, 5.41) is 6.07. The van der Waals surface area contributed by atoms with E-state index >= 15 is 0 Å². The van der Waals surface area contributed by atoms with Gasteiger partial charge in [0.25, 0.3) is 0 Å². The van der Waals surface area contributed by atoms with Crippen LogP contribution in [0.4, 0.5) is 5.69 Å². The predicted molar refractivity (Wildman–Crippen MR) is 176 cm³/mol. The van der Waals surface area contributed by atoms with Crippen molar-refractivity contribution < 1.29 is 19.0 Å². The maximum atomic E-state index is 6.54. The summed E-state index contributed by atoms with van der Waals surface area (Å²) in [5.74, 6) is 0.789. The molecule has 0 aliphatic heterocycles. The van der Waals surface area contributed by atoms with Gasteiger partial charge in [0, 0.05) is 35.3 Å². The first-order valence-corrected chi connectivity index (χ1v) is 15.5. The number of aromatic nitrogens is 1. The molecule has 0 fully saturated rings. The zero-order valence-corrected chi connectivity index (χ0v) is 25.5. The third-order valence-electron chi connectivity index (χ3n) is 7.97. The van der Waals surface area contributed by atoms with Crippen molar-refractivity contribution >= 4 is 27.5 Å². The Morgan fingerprint density at radius 3 is 2.37 bits per heavy atom. The van der Waals surface area contributed by atoms with Crippen LogP contribution in [-0.4, -0.2) is 44.9 Å². The molecule has 0 spiro atoms. The molecule has 0 bridgehead atoms. The molecule has 1 unspecified atom stereocenters. The second kappa shape index (κ2) is 15.0. The Bertz CT molecular complexity index is 1530. The Kier molecular flexibility index (Phi) is 10.6. The number of ether oxygens (including phenoxy) is 3. The van der Waals surface area contributed by atoms with Crippen molar-refractivity contribution in [1.29, 1.82) is 0 Å². The van der Waals surface area contributed by atoms with Crippen LogP contribution in [0, 0.1) is 0 Å². The third-order valence-corrected chi connectivity index (χ3v) is 7.97. The van der Waals surface area contributed by atoms with Gasteiger partial charge < -0.3 is 30.1 Å². The zero-order valence-electron chi connectivity index (χ0n) is 25.5. The molecule has 1 aromatic heterocycles. The van der Waals surface area contributed by atoms with Crippen LogP contribution in [0.25, 0.3) is 21.8 Å². The van der Waals surface area contributed by atoms with Crippen LogP contribution in [0.3, 0.4) is 0 Å². The number of benzene rings is 3. The maximum Gasteiger partial charge on any atom is 0.121 e. The molecule has 3 N–H and O–H groups in total. The molecule has 5 rings (SSSR count). The minimum Gasteiger partial charge on any atom is -0.491 e. The fourth-order valence-corrected chi connectivity index (χ4v) is 5.61. The van der Waals surface area contributed by atoms with Crippen molar-refractivity contribution in [2.75, 3.05) is 45.5 Å². The number of nitrogens with one attached hydrogen (secondary N) is 1. The molecule has 0 saturated carbocycles. The van der Waals surface area contributed by atoms with E-state index in [1.54, 1.807) is 7.11 Å². The van der Waals surface area contributed by atoms with E-state index in [0.717, 1.165) is 63.8 Å². The number of nitrogens with two attached hydrogens (primary N) is 1. The third kappa shape index (κ3) is 7.53. The summed E-state index contributed by atoms with van der Waals surface area (Å²) in [4.78, 5) is 6.54. The van der Waals surface area contributed by atoms with Crippen molar-refractivity contribution in [2.24, 2.45) is 5.73 Å². The number of para-hydroxylation sites is 1. The van der Waals surface area contributed by atoms with Gasteiger partial charge in [-0.3, -0.25) is 0 Å². The van der Waals surface area contributed by atoms with Gasteiger partial charge >= 0.3 is 0 Å². The van der Waals surface area contributed by atoms with Gasteiger partial charge in [0.15, 0.2) is 0 Å². The highest BCUT2D eigenvalue weighted by molar-refractivity contribution is 6.08. The first kappa shape index (κ1) is 30.5. The highest BCUT2D eigenvalue weighted by Crippen LogP contribution is 2.38. The van der Waals surface area contributed by atoms with Gasteiger partial charge in [-0.2, -0.15) is 4.73 Å². The van der Waals surface area contributed by atoms with E-state index in [4.69, 9.17) is 24.8 Å². The summed E-state index contributed by atoms with van der Waals surface area (Å²) in [6.45, 7) is 4.99. The van der Waals surface area contributed by atoms with Crippen molar-refractivity contribution in [3.05, 3.63) is 96.2 Å². The second-order valence-electron chi connectivity index (χ2n) is 11.1. The number of hydrogen-bond donors (Lipinski definition) is 2. The van der Waals surface area contributed by atoms with E-state index in [0.29, 0.717) is 33.0 Å². The van der Waals surface area contributed by atoms with Gasteiger partial charge in [0.05, 0.1) is 36.4 Å². The monoisotopic (exact) mass is 583 g/mol. The number of fused-ring (bicyclic) bond motifs is 3. The average molecular weight is 584 g/mol. The highest BCUT2D eigenvalue weighted by Gasteiger charge is 2.31. The summed E-state index contributed by atoms with van der Waals surface area (Å²) in [6.07, 6.45) is 12.9. The van der Waals surface area contributed by atoms with Crippen molar-refractivity contribution in [1.82, 2.24) is 4.73 Å². The Morgan fingerprint density at radius 1 is 0.837 bits per heavy atom. The van der Waals surface area contributed by atoms with Gasteiger partial charge in [-0.1, -0.05) is 68.7 Å². The van der Waals surface area contributed by atoms with Gasteiger partial charge in [0.1, 0.15) is 19.0 Å². The first-order valence-electron chi connectivity index (χ1n) is 15.5. The van der Waals surface area contributed by atoms with Crippen LogP contribution in [0.5, 0.6) is 5.75 Å². The number of rotatable bonds is 17. The molecular formula is C36H45N3O4. The van der Waals surface area contributed by atoms with Crippen LogP contribution in [0.1, 0.15) is 51.0 Å². The number of unbranched alkanes of at least 4 members (excludes halogenated alkanes) is 4. The second-order valence-corrected chi connectivity index (χ2v) is 11.1. The molecule has 1 aliphatic carbocycles. The maximum absolute atomic E-state index is 6.54. The lowest BCUT2D eigenvalue weighted by atomic mass is 9.82.